The summed E-state index contributed by atoms with van der Waals surface area (Å²) in [6.45, 7) is 4.30. The first kappa shape index (κ1) is 13.7. The van der Waals surface area contributed by atoms with Gasteiger partial charge in [-0.1, -0.05) is 26.7 Å². The van der Waals surface area contributed by atoms with Crippen molar-refractivity contribution in [3.05, 3.63) is 23.8 Å². The van der Waals surface area contributed by atoms with Crippen LogP contribution in [0.4, 0.5) is 0 Å². The van der Waals surface area contributed by atoms with Gasteiger partial charge in [0.15, 0.2) is 0 Å². The lowest BCUT2D eigenvalue weighted by Crippen LogP contribution is -2.46. The summed E-state index contributed by atoms with van der Waals surface area (Å²) in [6, 6.07) is 4.09. The SMILES string of the molecule is CC1(C)CCCCC1NC(=O)c1cc(O)ccc1O. The lowest BCUT2D eigenvalue weighted by Gasteiger charge is -2.39. The van der Waals surface area contributed by atoms with Gasteiger partial charge in [0.2, 0.25) is 0 Å². The smallest absolute Gasteiger partial charge is 0.255 e. The predicted octanol–water partition coefficient (Wildman–Crippen LogP) is 2.80. The molecule has 1 amide bonds. The molecule has 104 valence electrons. The van der Waals surface area contributed by atoms with Crippen LogP contribution in [0.25, 0.3) is 0 Å². The molecule has 1 saturated carbocycles. The average Bonchev–Trinajstić information content (AvgIpc) is 2.34. The summed E-state index contributed by atoms with van der Waals surface area (Å²) in [7, 11) is 0. The van der Waals surface area contributed by atoms with E-state index in [-0.39, 0.29) is 34.4 Å². The first-order chi connectivity index (χ1) is 8.90. The molecule has 1 aromatic carbocycles. The van der Waals surface area contributed by atoms with Gasteiger partial charge in [0.25, 0.3) is 5.91 Å². The maximum Gasteiger partial charge on any atom is 0.255 e. The van der Waals surface area contributed by atoms with E-state index >= 15 is 0 Å². The second kappa shape index (κ2) is 5.11. The highest BCUT2D eigenvalue weighted by atomic mass is 16.3. The van der Waals surface area contributed by atoms with Crippen LogP contribution >= 0.6 is 0 Å². The van der Waals surface area contributed by atoms with Gasteiger partial charge in [-0.25, -0.2) is 0 Å². The van der Waals surface area contributed by atoms with Gasteiger partial charge in [-0.2, -0.15) is 0 Å². The topological polar surface area (TPSA) is 69.6 Å². The minimum Gasteiger partial charge on any atom is -0.508 e. The van der Waals surface area contributed by atoms with Gasteiger partial charge in [-0.3, -0.25) is 4.79 Å². The number of rotatable bonds is 2. The van der Waals surface area contributed by atoms with Crippen LogP contribution in [0.5, 0.6) is 11.5 Å². The van der Waals surface area contributed by atoms with Crippen LogP contribution in [0.2, 0.25) is 0 Å². The van der Waals surface area contributed by atoms with Crippen molar-refractivity contribution in [3.8, 4) is 11.5 Å². The number of phenols is 2. The maximum absolute atomic E-state index is 12.2. The Morgan fingerprint density at radius 2 is 2.05 bits per heavy atom. The number of hydrogen-bond donors (Lipinski definition) is 3. The minimum atomic E-state index is -0.326. The molecular weight excluding hydrogens is 242 g/mol. The monoisotopic (exact) mass is 263 g/mol. The fraction of sp³-hybridized carbons (Fsp3) is 0.533. The van der Waals surface area contributed by atoms with Crippen LogP contribution < -0.4 is 5.32 Å². The molecule has 0 heterocycles. The molecule has 0 spiro atoms. The molecule has 19 heavy (non-hydrogen) atoms. The lowest BCUT2D eigenvalue weighted by molar-refractivity contribution is 0.0850. The van der Waals surface area contributed by atoms with Gasteiger partial charge in [0.1, 0.15) is 11.5 Å². The summed E-state index contributed by atoms with van der Waals surface area (Å²) in [5.74, 6) is -0.455. The molecule has 4 nitrogen and oxygen atoms in total. The van der Waals surface area contributed by atoms with Crippen LogP contribution in [0.3, 0.4) is 0 Å². The van der Waals surface area contributed by atoms with Crippen LogP contribution in [0, 0.1) is 5.41 Å². The Kier molecular flexibility index (Phi) is 3.69. The Morgan fingerprint density at radius 1 is 1.32 bits per heavy atom. The fourth-order valence-electron chi connectivity index (χ4n) is 2.70. The van der Waals surface area contributed by atoms with E-state index in [9.17, 15) is 15.0 Å². The normalized spacial score (nSPS) is 21.9. The Bertz CT molecular complexity index is 482. The Balaban J connectivity index is 2.14. The third kappa shape index (κ3) is 3.00. The van der Waals surface area contributed by atoms with Crippen molar-refractivity contribution < 1.29 is 15.0 Å². The van der Waals surface area contributed by atoms with E-state index in [4.69, 9.17) is 0 Å². The number of carbonyl (C=O) groups excluding carboxylic acids is 1. The molecule has 0 bridgehead atoms. The first-order valence-corrected chi connectivity index (χ1v) is 6.73. The highest BCUT2D eigenvalue weighted by molar-refractivity contribution is 5.97. The number of phenolic OH excluding ortho intramolecular Hbond substituents is 2. The molecule has 1 fully saturated rings. The van der Waals surface area contributed by atoms with E-state index in [1.165, 1.54) is 24.6 Å². The highest BCUT2D eigenvalue weighted by Gasteiger charge is 2.33. The van der Waals surface area contributed by atoms with Gasteiger partial charge in [-0.15, -0.1) is 0 Å². The molecule has 0 saturated heterocycles. The van der Waals surface area contributed by atoms with E-state index < -0.39 is 0 Å². The summed E-state index contributed by atoms with van der Waals surface area (Å²) in [4.78, 5) is 12.2. The highest BCUT2D eigenvalue weighted by Crippen LogP contribution is 2.35. The number of nitrogens with one attached hydrogen (secondary N) is 1. The zero-order valence-corrected chi connectivity index (χ0v) is 11.4. The van der Waals surface area contributed by atoms with Crippen molar-refractivity contribution in [2.75, 3.05) is 0 Å². The molecule has 1 atom stereocenters. The number of benzene rings is 1. The molecule has 1 unspecified atom stereocenters. The van der Waals surface area contributed by atoms with Crippen molar-refractivity contribution in [2.24, 2.45) is 5.41 Å². The zero-order chi connectivity index (χ0) is 14.0. The maximum atomic E-state index is 12.2. The van der Waals surface area contributed by atoms with E-state index in [1.807, 2.05) is 0 Å². The van der Waals surface area contributed by atoms with Crippen molar-refractivity contribution in [2.45, 2.75) is 45.6 Å². The molecule has 4 heteroatoms. The number of amides is 1. The first-order valence-electron chi connectivity index (χ1n) is 6.73. The predicted molar refractivity (Wildman–Crippen MR) is 73.3 cm³/mol. The second-order valence-electron chi connectivity index (χ2n) is 5.96. The van der Waals surface area contributed by atoms with Crippen molar-refractivity contribution in [3.63, 3.8) is 0 Å². The third-order valence-corrected chi connectivity index (χ3v) is 4.04. The molecule has 1 aromatic rings. The zero-order valence-electron chi connectivity index (χ0n) is 11.4. The summed E-state index contributed by atoms with van der Waals surface area (Å²) in [6.07, 6.45) is 4.35. The largest absolute Gasteiger partial charge is 0.508 e. The van der Waals surface area contributed by atoms with Crippen LogP contribution in [-0.2, 0) is 0 Å². The molecular formula is C15H21NO3. The van der Waals surface area contributed by atoms with E-state index in [1.54, 1.807) is 0 Å². The fourth-order valence-corrected chi connectivity index (χ4v) is 2.70. The summed E-state index contributed by atoms with van der Waals surface area (Å²) in [5, 5.41) is 22.1. The van der Waals surface area contributed by atoms with Crippen LogP contribution in [-0.4, -0.2) is 22.2 Å². The second-order valence-corrected chi connectivity index (χ2v) is 5.96. The summed E-state index contributed by atoms with van der Waals surface area (Å²) >= 11 is 0. The van der Waals surface area contributed by atoms with E-state index in [0.29, 0.717) is 0 Å². The van der Waals surface area contributed by atoms with Gasteiger partial charge in [0, 0.05) is 6.04 Å². The van der Waals surface area contributed by atoms with Crippen molar-refractivity contribution in [1.29, 1.82) is 0 Å². The number of hydrogen-bond acceptors (Lipinski definition) is 3. The van der Waals surface area contributed by atoms with Crippen molar-refractivity contribution >= 4 is 5.91 Å². The molecule has 2 rings (SSSR count). The standard InChI is InChI=1S/C15H21NO3/c1-15(2)8-4-3-5-13(15)16-14(19)11-9-10(17)6-7-12(11)18/h6-7,9,13,17-18H,3-5,8H2,1-2H3,(H,16,19). The van der Waals surface area contributed by atoms with Gasteiger partial charge < -0.3 is 15.5 Å². The van der Waals surface area contributed by atoms with Gasteiger partial charge in [-0.05, 0) is 36.5 Å². The quantitative estimate of drug-likeness (QED) is 0.719. The molecule has 0 radical (unpaired) electrons. The third-order valence-electron chi connectivity index (χ3n) is 4.04. The molecule has 0 aliphatic heterocycles. The minimum absolute atomic E-state index is 0.0224. The Morgan fingerprint density at radius 3 is 2.74 bits per heavy atom. The van der Waals surface area contributed by atoms with Crippen LogP contribution in [0.1, 0.15) is 49.9 Å². The number of carbonyl (C=O) groups is 1. The van der Waals surface area contributed by atoms with E-state index in [0.717, 1.165) is 19.3 Å². The van der Waals surface area contributed by atoms with Crippen molar-refractivity contribution in [1.82, 2.24) is 5.32 Å². The van der Waals surface area contributed by atoms with E-state index in [2.05, 4.69) is 19.2 Å². The van der Waals surface area contributed by atoms with Gasteiger partial charge in [0.05, 0.1) is 5.56 Å². The molecule has 0 aromatic heterocycles. The molecule has 1 aliphatic rings. The Hall–Kier alpha value is -1.71. The summed E-state index contributed by atoms with van der Waals surface area (Å²) < 4.78 is 0. The summed E-state index contributed by atoms with van der Waals surface area (Å²) in [5.41, 5.74) is 0.196. The van der Waals surface area contributed by atoms with Crippen LogP contribution in [0.15, 0.2) is 18.2 Å². The average molecular weight is 263 g/mol. The number of aromatic hydroxyl groups is 2. The molecule has 1 aliphatic carbocycles. The lowest BCUT2D eigenvalue weighted by atomic mass is 9.73. The molecule has 3 N–H and O–H groups in total. The Labute approximate surface area is 113 Å². The van der Waals surface area contributed by atoms with Gasteiger partial charge >= 0.3 is 0 Å².